The molecule has 3 saturated carbocycles. The van der Waals surface area contributed by atoms with Gasteiger partial charge in [0, 0.05) is 12.8 Å². The van der Waals surface area contributed by atoms with Crippen LogP contribution in [0.4, 0.5) is 26.3 Å². The summed E-state index contributed by atoms with van der Waals surface area (Å²) in [5, 5.41) is 40.2. The Bertz CT molecular complexity index is 1140. The third kappa shape index (κ3) is 7.71. The second kappa shape index (κ2) is 12.5. The highest BCUT2D eigenvalue weighted by Gasteiger charge is 2.70. The molecule has 0 aromatic heterocycles. The fourth-order valence-electron chi connectivity index (χ4n) is 7.84. The minimum atomic E-state index is -6.01. The number of rotatable bonds is 7. The average Bonchev–Trinajstić information content (AvgIpc) is 3.21. The Morgan fingerprint density at radius 3 is 2.19 bits per heavy atom. The van der Waals surface area contributed by atoms with E-state index in [9.17, 15) is 46.8 Å². The van der Waals surface area contributed by atoms with Gasteiger partial charge in [0.2, 0.25) is 0 Å². The minimum absolute atomic E-state index is 0.0735. The van der Waals surface area contributed by atoms with Crippen LogP contribution in [0, 0.1) is 34.5 Å². The zero-order valence-electron chi connectivity index (χ0n) is 25.5. The summed E-state index contributed by atoms with van der Waals surface area (Å²) < 4.78 is 79.9. The van der Waals surface area contributed by atoms with E-state index in [0.717, 1.165) is 37.2 Å². The van der Waals surface area contributed by atoms with Gasteiger partial charge in [-0.3, -0.25) is 0 Å². The Morgan fingerprint density at radius 2 is 1.60 bits per heavy atom. The maximum Gasteiger partial charge on any atom is 0.438 e. The molecule has 0 radical (unpaired) electrons. The molecule has 2 unspecified atom stereocenters. The second-order valence-electron chi connectivity index (χ2n) is 14.1. The van der Waals surface area contributed by atoms with Crippen molar-refractivity contribution in [1.29, 1.82) is 0 Å². The highest BCUT2D eigenvalue weighted by atomic mass is 19.4. The summed E-state index contributed by atoms with van der Waals surface area (Å²) >= 11 is 0. The molecule has 0 spiro atoms. The van der Waals surface area contributed by atoms with E-state index in [0.29, 0.717) is 37.7 Å². The Labute approximate surface area is 251 Å². The van der Waals surface area contributed by atoms with Gasteiger partial charge in [-0.2, -0.15) is 26.3 Å². The third-order valence-corrected chi connectivity index (χ3v) is 10.2. The van der Waals surface area contributed by atoms with Crippen molar-refractivity contribution in [3.8, 4) is 11.8 Å². The van der Waals surface area contributed by atoms with Crippen molar-refractivity contribution < 1.29 is 46.8 Å². The smallest absolute Gasteiger partial charge is 0.393 e. The van der Waals surface area contributed by atoms with Gasteiger partial charge in [-0.25, -0.2) is 0 Å². The molecule has 244 valence electrons. The molecule has 3 fully saturated rings. The fourth-order valence-corrected chi connectivity index (χ4v) is 7.84. The summed E-state index contributed by atoms with van der Waals surface area (Å²) in [6, 6.07) is 0. The molecule has 3 rings (SSSR count). The van der Waals surface area contributed by atoms with Crippen molar-refractivity contribution in [3.63, 3.8) is 0 Å². The van der Waals surface area contributed by atoms with Crippen molar-refractivity contribution in [2.75, 3.05) is 0 Å². The van der Waals surface area contributed by atoms with Crippen LogP contribution < -0.4 is 0 Å². The molecule has 43 heavy (non-hydrogen) atoms. The number of hydrogen-bond donors (Lipinski definition) is 4. The van der Waals surface area contributed by atoms with Gasteiger partial charge in [0.15, 0.2) is 0 Å². The van der Waals surface area contributed by atoms with Crippen molar-refractivity contribution in [3.05, 3.63) is 35.5 Å². The van der Waals surface area contributed by atoms with Gasteiger partial charge in [0.25, 0.3) is 0 Å². The van der Waals surface area contributed by atoms with Crippen LogP contribution in [-0.2, 0) is 0 Å². The van der Waals surface area contributed by atoms with E-state index in [4.69, 9.17) is 0 Å². The molecule has 0 bridgehead atoms. The molecule has 0 aromatic carbocycles. The van der Waals surface area contributed by atoms with E-state index in [-0.39, 0.29) is 30.1 Å². The quantitative estimate of drug-likeness (QED) is 0.178. The lowest BCUT2D eigenvalue weighted by molar-refractivity contribution is -0.343. The molecule has 4 nitrogen and oxygen atoms in total. The van der Waals surface area contributed by atoms with Crippen LogP contribution in [0.25, 0.3) is 0 Å². The van der Waals surface area contributed by atoms with Crippen LogP contribution in [0.5, 0.6) is 0 Å². The maximum absolute atomic E-state index is 13.3. The first kappa shape index (κ1) is 35.7. The molecule has 3 aliphatic rings. The van der Waals surface area contributed by atoms with Gasteiger partial charge in [-0.15, -0.1) is 0 Å². The van der Waals surface area contributed by atoms with E-state index >= 15 is 0 Å². The number of aliphatic hydroxyl groups is 4. The van der Waals surface area contributed by atoms with Crippen LogP contribution in [0.15, 0.2) is 35.5 Å². The Hall–Kier alpha value is -1.80. The lowest BCUT2D eigenvalue weighted by Gasteiger charge is -2.49. The van der Waals surface area contributed by atoms with Gasteiger partial charge in [0.1, 0.15) is 0 Å². The Kier molecular flexibility index (Phi) is 10.4. The highest BCUT2D eigenvalue weighted by Crippen LogP contribution is 2.63. The van der Waals surface area contributed by atoms with Gasteiger partial charge in [0.05, 0.1) is 17.8 Å². The number of fused-ring (bicyclic) bond motifs is 1. The molecular formula is C33H46F6O4. The van der Waals surface area contributed by atoms with Crippen molar-refractivity contribution in [2.24, 2.45) is 22.7 Å². The number of halogens is 6. The van der Waals surface area contributed by atoms with Crippen molar-refractivity contribution >= 4 is 0 Å². The first-order chi connectivity index (χ1) is 19.5. The van der Waals surface area contributed by atoms with Crippen LogP contribution >= 0.6 is 0 Å². The zero-order valence-corrected chi connectivity index (χ0v) is 25.5. The summed E-state index contributed by atoms with van der Waals surface area (Å²) in [4.78, 5) is 0. The standard InChI is InChI=1S/C33H46F6O4/c1-21-23(19-24(40)20-26(21)41)11-10-22-9-6-17-30(5)25(22)12-13-27(30)29(4,15-7-14-28(2,3)42)16-8-18-31(43,32(34,35)36)33(37,38)39/h10-11,24-27,40-43H,1,6-7,9,12-17,19-20H2,2-5H3/t24-,25?,26+,27?,29-,30+/m1/s1. The summed E-state index contributed by atoms with van der Waals surface area (Å²) in [5.41, 5.74) is -4.60. The van der Waals surface area contributed by atoms with Crippen molar-refractivity contribution in [2.45, 2.75) is 134 Å². The highest BCUT2D eigenvalue weighted by molar-refractivity contribution is 5.39. The van der Waals surface area contributed by atoms with E-state index < -0.39 is 41.2 Å². The molecule has 3 aliphatic carbocycles. The van der Waals surface area contributed by atoms with E-state index in [2.05, 4.69) is 19.4 Å². The Morgan fingerprint density at radius 1 is 0.977 bits per heavy atom. The largest absolute Gasteiger partial charge is 0.438 e. The van der Waals surface area contributed by atoms with E-state index in [1.165, 1.54) is 5.57 Å². The van der Waals surface area contributed by atoms with Crippen LogP contribution in [-0.4, -0.2) is 56.2 Å². The molecular weight excluding hydrogens is 574 g/mol. The second-order valence-corrected chi connectivity index (χ2v) is 14.1. The van der Waals surface area contributed by atoms with E-state index in [1.807, 2.05) is 19.1 Å². The lowest BCUT2D eigenvalue weighted by atomic mass is 9.55. The first-order valence-corrected chi connectivity index (χ1v) is 15.1. The molecule has 0 aromatic rings. The van der Waals surface area contributed by atoms with Gasteiger partial charge in [-0.05, 0) is 105 Å². The van der Waals surface area contributed by atoms with Crippen LogP contribution in [0.2, 0.25) is 0 Å². The molecule has 0 heterocycles. The number of aliphatic hydroxyl groups excluding tert-OH is 2. The zero-order chi connectivity index (χ0) is 32.6. The summed E-state index contributed by atoms with van der Waals surface area (Å²) in [7, 11) is 0. The lowest BCUT2D eigenvalue weighted by Crippen LogP contribution is -2.55. The summed E-state index contributed by atoms with van der Waals surface area (Å²) in [6.45, 7) is 11.3. The molecule has 10 heteroatoms. The summed E-state index contributed by atoms with van der Waals surface area (Å²) in [5.74, 6) is 3.35. The monoisotopic (exact) mass is 620 g/mol. The van der Waals surface area contributed by atoms with Gasteiger partial charge in [-0.1, -0.05) is 50.5 Å². The molecule has 6 atom stereocenters. The third-order valence-electron chi connectivity index (χ3n) is 10.2. The topological polar surface area (TPSA) is 80.9 Å². The van der Waals surface area contributed by atoms with Crippen LogP contribution in [0.3, 0.4) is 0 Å². The number of alkyl halides is 6. The Balaban J connectivity index is 1.95. The average molecular weight is 621 g/mol. The number of allylic oxidation sites excluding steroid dienone is 3. The normalized spacial score (nSPS) is 32.4. The van der Waals surface area contributed by atoms with E-state index in [1.54, 1.807) is 13.8 Å². The molecule has 0 aliphatic heterocycles. The van der Waals surface area contributed by atoms with Crippen LogP contribution in [0.1, 0.15) is 98.3 Å². The fraction of sp³-hybridized carbons (Fsp3) is 0.758. The molecule has 0 saturated heterocycles. The SMILES string of the molecule is C=C1C(=CC=C2CCC[C@@]3(C)C2CCC3[C@@](C)(CC#CC(O)(C(F)(F)F)C(F)(F)F)CCCC(C)(C)O)C[C@@H](O)C[C@@H]1O. The van der Waals surface area contributed by atoms with Crippen molar-refractivity contribution in [1.82, 2.24) is 0 Å². The number of hydrogen-bond acceptors (Lipinski definition) is 4. The maximum atomic E-state index is 13.3. The predicted octanol–water partition coefficient (Wildman–Crippen LogP) is 7.32. The minimum Gasteiger partial charge on any atom is -0.393 e. The molecule has 0 amide bonds. The van der Waals surface area contributed by atoms with Gasteiger partial charge < -0.3 is 20.4 Å². The summed E-state index contributed by atoms with van der Waals surface area (Å²) in [6.07, 6.45) is -3.77. The predicted molar refractivity (Wildman–Crippen MR) is 152 cm³/mol. The molecule has 4 N–H and O–H groups in total. The first-order valence-electron chi connectivity index (χ1n) is 15.1. The van der Waals surface area contributed by atoms with Gasteiger partial charge >= 0.3 is 18.0 Å².